The highest BCUT2D eigenvalue weighted by atomic mass is 32.1. The Hall–Kier alpha value is -0.860. The lowest BCUT2D eigenvalue weighted by Gasteiger charge is -2.05. The summed E-state index contributed by atoms with van der Waals surface area (Å²) in [7, 11) is 0. The maximum Gasteiger partial charge on any atom is 0.0216 e. The highest BCUT2D eigenvalue weighted by Crippen LogP contribution is 2.41. The van der Waals surface area contributed by atoms with Crippen LogP contribution in [-0.4, -0.2) is 0 Å². The largest absolute Gasteiger partial charge is 0.142 e. The molecule has 0 radical (unpaired) electrons. The summed E-state index contributed by atoms with van der Waals surface area (Å²) in [4.78, 5) is 1.98. The molecule has 0 unspecified atom stereocenters. The second-order valence-corrected chi connectivity index (χ2v) is 4.72. The lowest BCUT2D eigenvalue weighted by Crippen LogP contribution is -1.84. The molecule has 0 bridgehead atoms. The van der Waals surface area contributed by atoms with Crippen molar-refractivity contribution in [3.63, 3.8) is 0 Å². The molecular weight excluding hydrogens is 220 g/mol. The normalized spacial score (nSPS) is 12.4. The summed E-state index contributed by atoms with van der Waals surface area (Å²) >= 11 is 8.93. The smallest absolute Gasteiger partial charge is 0.0216 e. The predicted molar refractivity (Wildman–Crippen MR) is 69.2 cm³/mol. The topological polar surface area (TPSA) is 0 Å². The summed E-state index contributed by atoms with van der Waals surface area (Å²) in [5, 5.41) is 0. The van der Waals surface area contributed by atoms with Gasteiger partial charge in [-0.25, -0.2) is 0 Å². The van der Waals surface area contributed by atoms with Crippen LogP contribution in [-0.2, 0) is 6.42 Å². The summed E-state index contributed by atoms with van der Waals surface area (Å²) in [5.41, 5.74) is 5.36. The Morgan fingerprint density at radius 1 is 0.867 bits per heavy atom. The summed E-state index contributed by atoms with van der Waals surface area (Å²) in [5.74, 6) is 0. The number of rotatable bonds is 0. The second kappa shape index (κ2) is 3.32. The minimum Gasteiger partial charge on any atom is -0.142 e. The van der Waals surface area contributed by atoms with Gasteiger partial charge in [0.15, 0.2) is 0 Å². The maximum atomic E-state index is 4.53. The van der Waals surface area contributed by atoms with Crippen molar-refractivity contribution in [1.29, 1.82) is 0 Å². The van der Waals surface area contributed by atoms with Crippen molar-refractivity contribution in [2.24, 2.45) is 0 Å². The van der Waals surface area contributed by atoms with Gasteiger partial charge in [0, 0.05) is 9.79 Å². The molecular formula is C13H10S2. The fraction of sp³-hybridized carbons (Fsp3) is 0.0769. The quantitative estimate of drug-likeness (QED) is 0.539. The van der Waals surface area contributed by atoms with Crippen LogP contribution < -0.4 is 0 Å². The van der Waals surface area contributed by atoms with Crippen molar-refractivity contribution in [2.75, 3.05) is 0 Å². The molecule has 74 valence electrons. The van der Waals surface area contributed by atoms with E-state index in [9.17, 15) is 0 Å². The molecule has 2 aromatic rings. The standard InChI is InChI=1S/C13H10S2/c14-12-6-5-10-9-4-2-1-3-8(9)7-11(10)13(12)15/h1-6,14-15H,7H2. The van der Waals surface area contributed by atoms with E-state index in [-0.39, 0.29) is 0 Å². The van der Waals surface area contributed by atoms with Crippen LogP contribution in [0.1, 0.15) is 11.1 Å². The molecule has 2 heteroatoms. The highest BCUT2D eigenvalue weighted by molar-refractivity contribution is 7.83. The van der Waals surface area contributed by atoms with E-state index in [0.717, 1.165) is 16.2 Å². The zero-order valence-corrected chi connectivity index (χ0v) is 9.85. The Morgan fingerprint density at radius 2 is 1.67 bits per heavy atom. The fourth-order valence-electron chi connectivity index (χ4n) is 2.18. The molecule has 15 heavy (non-hydrogen) atoms. The van der Waals surface area contributed by atoms with E-state index in [1.807, 2.05) is 6.07 Å². The summed E-state index contributed by atoms with van der Waals surface area (Å²) in [6.07, 6.45) is 0.985. The SMILES string of the molecule is Sc1ccc2c(c1S)Cc1ccccc1-2. The molecule has 0 spiro atoms. The lowest BCUT2D eigenvalue weighted by atomic mass is 10.1. The third kappa shape index (κ3) is 1.32. The molecule has 2 aromatic carbocycles. The Morgan fingerprint density at radius 3 is 2.53 bits per heavy atom. The van der Waals surface area contributed by atoms with Gasteiger partial charge in [-0.3, -0.25) is 0 Å². The first kappa shape index (κ1) is 9.37. The van der Waals surface area contributed by atoms with E-state index in [4.69, 9.17) is 0 Å². The monoisotopic (exact) mass is 230 g/mol. The van der Waals surface area contributed by atoms with Gasteiger partial charge in [0.2, 0.25) is 0 Å². The van der Waals surface area contributed by atoms with Gasteiger partial charge in [0.05, 0.1) is 0 Å². The van der Waals surface area contributed by atoms with Crippen LogP contribution in [0.2, 0.25) is 0 Å². The Kier molecular flexibility index (Phi) is 2.08. The first-order valence-corrected chi connectivity index (χ1v) is 5.79. The molecule has 3 rings (SSSR count). The van der Waals surface area contributed by atoms with Gasteiger partial charge in [0.25, 0.3) is 0 Å². The molecule has 0 nitrogen and oxygen atoms in total. The number of thiol groups is 2. The third-order valence-corrected chi connectivity index (χ3v) is 4.00. The zero-order valence-electron chi connectivity index (χ0n) is 8.07. The fourth-order valence-corrected chi connectivity index (χ4v) is 2.67. The number of fused-ring (bicyclic) bond motifs is 3. The molecule has 0 atom stereocenters. The van der Waals surface area contributed by atoms with Crippen LogP contribution in [0.25, 0.3) is 11.1 Å². The molecule has 0 fully saturated rings. The Bertz CT molecular complexity index is 544. The molecule has 0 N–H and O–H groups in total. The van der Waals surface area contributed by atoms with Gasteiger partial charge in [-0.15, -0.1) is 25.3 Å². The average Bonchev–Trinajstić information content (AvgIpc) is 2.63. The summed E-state index contributed by atoms with van der Waals surface area (Å²) < 4.78 is 0. The van der Waals surface area contributed by atoms with Gasteiger partial charge < -0.3 is 0 Å². The highest BCUT2D eigenvalue weighted by Gasteiger charge is 2.20. The van der Waals surface area contributed by atoms with Crippen molar-refractivity contribution < 1.29 is 0 Å². The molecule has 1 aliphatic carbocycles. The van der Waals surface area contributed by atoms with Crippen molar-refractivity contribution in [3.05, 3.63) is 47.5 Å². The molecule has 0 amide bonds. The molecule has 0 aliphatic heterocycles. The van der Waals surface area contributed by atoms with Crippen molar-refractivity contribution in [3.8, 4) is 11.1 Å². The van der Waals surface area contributed by atoms with E-state index < -0.39 is 0 Å². The van der Waals surface area contributed by atoms with E-state index in [1.54, 1.807) is 0 Å². The Labute approximate surface area is 100 Å². The summed E-state index contributed by atoms with van der Waals surface area (Å²) in [6.45, 7) is 0. The van der Waals surface area contributed by atoms with E-state index in [2.05, 4.69) is 55.6 Å². The first-order valence-electron chi connectivity index (χ1n) is 4.89. The summed E-state index contributed by atoms with van der Waals surface area (Å²) in [6, 6.07) is 12.7. The van der Waals surface area contributed by atoms with Crippen molar-refractivity contribution in [1.82, 2.24) is 0 Å². The minimum absolute atomic E-state index is 0.963. The average molecular weight is 230 g/mol. The van der Waals surface area contributed by atoms with Gasteiger partial charge in [-0.2, -0.15) is 0 Å². The van der Waals surface area contributed by atoms with Gasteiger partial charge in [-0.1, -0.05) is 30.3 Å². The predicted octanol–water partition coefficient (Wildman–Crippen LogP) is 3.84. The van der Waals surface area contributed by atoms with Crippen molar-refractivity contribution in [2.45, 2.75) is 16.2 Å². The lowest BCUT2D eigenvalue weighted by molar-refractivity contribution is 1.12. The van der Waals surface area contributed by atoms with Crippen LogP contribution in [0.4, 0.5) is 0 Å². The molecule has 1 aliphatic rings. The van der Waals surface area contributed by atoms with Gasteiger partial charge >= 0.3 is 0 Å². The van der Waals surface area contributed by atoms with Crippen LogP contribution in [0.15, 0.2) is 46.2 Å². The zero-order chi connectivity index (χ0) is 10.4. The maximum absolute atomic E-state index is 4.53. The van der Waals surface area contributed by atoms with Crippen LogP contribution in [0.5, 0.6) is 0 Å². The third-order valence-electron chi connectivity index (χ3n) is 2.94. The van der Waals surface area contributed by atoms with Crippen LogP contribution >= 0.6 is 25.3 Å². The number of hydrogen-bond acceptors (Lipinski definition) is 2. The number of hydrogen-bond donors (Lipinski definition) is 2. The first-order chi connectivity index (χ1) is 7.27. The van der Waals surface area contributed by atoms with Crippen LogP contribution in [0, 0.1) is 0 Å². The molecule has 0 saturated heterocycles. The molecule has 0 heterocycles. The van der Waals surface area contributed by atoms with E-state index >= 15 is 0 Å². The molecule has 0 aromatic heterocycles. The van der Waals surface area contributed by atoms with Crippen molar-refractivity contribution >= 4 is 25.3 Å². The molecule has 0 saturated carbocycles. The van der Waals surface area contributed by atoms with Gasteiger partial charge in [-0.05, 0) is 34.7 Å². The second-order valence-electron chi connectivity index (χ2n) is 3.79. The van der Waals surface area contributed by atoms with E-state index in [1.165, 1.54) is 22.3 Å². The van der Waals surface area contributed by atoms with E-state index in [0.29, 0.717) is 0 Å². The van der Waals surface area contributed by atoms with Gasteiger partial charge in [0.1, 0.15) is 0 Å². The Balaban J connectivity index is 2.31. The van der Waals surface area contributed by atoms with Crippen LogP contribution in [0.3, 0.4) is 0 Å². The minimum atomic E-state index is 0.963. The number of benzene rings is 2.